The van der Waals surface area contributed by atoms with Gasteiger partial charge in [0.15, 0.2) is 5.11 Å². The highest BCUT2D eigenvalue weighted by atomic mass is 32.1. The van der Waals surface area contributed by atoms with Gasteiger partial charge in [-0.1, -0.05) is 48.5 Å². The molecule has 0 saturated carbocycles. The number of azo groups is 1. The lowest BCUT2D eigenvalue weighted by Crippen LogP contribution is -2.30. The van der Waals surface area contributed by atoms with Crippen LogP contribution in [0.5, 0.6) is 0 Å². The van der Waals surface area contributed by atoms with Crippen LogP contribution in [0.15, 0.2) is 95.2 Å². The van der Waals surface area contributed by atoms with Crippen molar-refractivity contribution >= 4 is 34.4 Å². The summed E-state index contributed by atoms with van der Waals surface area (Å²) in [5.74, 6) is 0. The summed E-state index contributed by atoms with van der Waals surface area (Å²) < 4.78 is 0. The molecule has 0 atom stereocenters. The molecular weight excluding hydrogens is 340 g/mol. The third-order valence-electron chi connectivity index (χ3n) is 3.70. The molecule has 0 bridgehead atoms. The van der Waals surface area contributed by atoms with E-state index in [0.29, 0.717) is 5.11 Å². The lowest BCUT2D eigenvalue weighted by Gasteiger charge is -2.10. The summed E-state index contributed by atoms with van der Waals surface area (Å²) in [6, 6.07) is 27.7. The summed E-state index contributed by atoms with van der Waals surface area (Å²) in [5, 5.41) is 15.4. The number of benzene rings is 3. The predicted octanol–water partition coefficient (Wildman–Crippen LogP) is 5.63. The molecule has 2 N–H and O–H groups in total. The highest BCUT2D eigenvalue weighted by Crippen LogP contribution is 2.19. The summed E-state index contributed by atoms with van der Waals surface area (Å²) in [5.41, 5.74) is 3.83. The Morgan fingerprint density at radius 2 is 1.31 bits per heavy atom. The fraction of sp³-hybridized carbons (Fsp3) is 0.0952. The van der Waals surface area contributed by atoms with Crippen LogP contribution in [0, 0.1) is 0 Å². The Labute approximate surface area is 159 Å². The minimum atomic E-state index is 0.611. The quantitative estimate of drug-likeness (QED) is 0.442. The zero-order valence-electron chi connectivity index (χ0n) is 14.3. The first-order valence-corrected chi connectivity index (χ1v) is 8.86. The smallest absolute Gasteiger partial charge is 0.170 e. The zero-order valence-corrected chi connectivity index (χ0v) is 15.1. The van der Waals surface area contributed by atoms with Gasteiger partial charge in [-0.05, 0) is 60.6 Å². The topological polar surface area (TPSA) is 48.8 Å². The second kappa shape index (κ2) is 9.44. The summed E-state index contributed by atoms with van der Waals surface area (Å²) in [6.07, 6.45) is 0.932. The zero-order chi connectivity index (χ0) is 18.0. The van der Waals surface area contributed by atoms with Gasteiger partial charge in [0.05, 0.1) is 11.4 Å². The van der Waals surface area contributed by atoms with Crippen LogP contribution in [0.1, 0.15) is 5.56 Å². The van der Waals surface area contributed by atoms with Gasteiger partial charge in [-0.15, -0.1) is 0 Å². The van der Waals surface area contributed by atoms with E-state index in [1.165, 1.54) is 5.56 Å². The molecule has 0 unspecified atom stereocenters. The second-order valence-electron chi connectivity index (χ2n) is 5.70. The van der Waals surface area contributed by atoms with Crippen molar-refractivity contribution in [1.29, 1.82) is 0 Å². The molecule has 3 aromatic rings. The SMILES string of the molecule is S=C(NCCc1ccccc1)Nc1ccc(N=Nc2ccccc2)cc1. The van der Waals surface area contributed by atoms with E-state index < -0.39 is 0 Å². The Morgan fingerprint density at radius 1 is 0.731 bits per heavy atom. The van der Waals surface area contributed by atoms with E-state index in [1.54, 1.807) is 0 Å². The second-order valence-corrected chi connectivity index (χ2v) is 6.11. The van der Waals surface area contributed by atoms with Gasteiger partial charge in [-0.25, -0.2) is 0 Å². The fourth-order valence-corrected chi connectivity index (χ4v) is 2.58. The van der Waals surface area contributed by atoms with Gasteiger partial charge in [0.2, 0.25) is 0 Å². The monoisotopic (exact) mass is 360 g/mol. The molecule has 0 aliphatic rings. The number of nitrogens with zero attached hydrogens (tertiary/aromatic N) is 2. The summed E-state index contributed by atoms with van der Waals surface area (Å²) in [6.45, 7) is 0.791. The normalized spacial score (nSPS) is 10.6. The van der Waals surface area contributed by atoms with Gasteiger partial charge < -0.3 is 10.6 Å². The van der Waals surface area contributed by atoms with Crippen molar-refractivity contribution in [3.63, 3.8) is 0 Å². The van der Waals surface area contributed by atoms with Crippen molar-refractivity contribution in [2.75, 3.05) is 11.9 Å². The molecule has 0 aliphatic carbocycles. The molecule has 0 spiro atoms. The average Bonchev–Trinajstić information content (AvgIpc) is 2.69. The Morgan fingerprint density at radius 3 is 1.96 bits per heavy atom. The molecule has 0 aliphatic heterocycles. The van der Waals surface area contributed by atoms with E-state index in [0.717, 1.165) is 30.0 Å². The molecular formula is C21H20N4S. The Balaban J connectivity index is 1.46. The lowest BCUT2D eigenvalue weighted by atomic mass is 10.1. The molecule has 5 heteroatoms. The standard InChI is InChI=1S/C21H20N4S/c26-21(22-16-15-17-7-3-1-4-8-17)23-18-11-13-20(14-12-18)25-24-19-9-5-2-6-10-19/h1-14H,15-16H2,(H2,22,23,26). The number of hydrogen-bond donors (Lipinski definition) is 2. The molecule has 0 fully saturated rings. The molecule has 4 nitrogen and oxygen atoms in total. The van der Waals surface area contributed by atoms with E-state index in [2.05, 4.69) is 33.0 Å². The van der Waals surface area contributed by atoms with Gasteiger partial charge in [0.25, 0.3) is 0 Å². The molecule has 3 aromatic carbocycles. The summed E-state index contributed by atoms with van der Waals surface area (Å²) in [4.78, 5) is 0. The molecule has 0 heterocycles. The largest absolute Gasteiger partial charge is 0.362 e. The van der Waals surface area contributed by atoms with Crippen LogP contribution in [0.25, 0.3) is 0 Å². The third-order valence-corrected chi connectivity index (χ3v) is 3.95. The molecule has 0 radical (unpaired) electrons. The Kier molecular flexibility index (Phi) is 6.45. The minimum Gasteiger partial charge on any atom is -0.362 e. The maximum atomic E-state index is 5.34. The maximum Gasteiger partial charge on any atom is 0.170 e. The summed E-state index contributed by atoms with van der Waals surface area (Å²) in [7, 11) is 0. The van der Waals surface area contributed by atoms with Crippen LogP contribution in [-0.2, 0) is 6.42 Å². The first-order chi connectivity index (χ1) is 12.8. The van der Waals surface area contributed by atoms with E-state index in [9.17, 15) is 0 Å². The third kappa shape index (κ3) is 5.79. The van der Waals surface area contributed by atoms with Crippen LogP contribution < -0.4 is 10.6 Å². The van der Waals surface area contributed by atoms with Gasteiger partial charge in [0, 0.05) is 12.2 Å². The van der Waals surface area contributed by atoms with Crippen molar-refractivity contribution in [1.82, 2.24) is 5.32 Å². The Hall–Kier alpha value is -3.05. The molecule has 26 heavy (non-hydrogen) atoms. The van der Waals surface area contributed by atoms with Crippen LogP contribution in [-0.4, -0.2) is 11.7 Å². The molecule has 0 aromatic heterocycles. The van der Waals surface area contributed by atoms with Crippen molar-refractivity contribution < 1.29 is 0 Å². The molecule has 130 valence electrons. The number of rotatable bonds is 6. The van der Waals surface area contributed by atoms with Gasteiger partial charge in [-0.3, -0.25) is 0 Å². The fourth-order valence-electron chi connectivity index (χ4n) is 2.36. The maximum absolute atomic E-state index is 5.34. The highest BCUT2D eigenvalue weighted by molar-refractivity contribution is 7.80. The van der Waals surface area contributed by atoms with Crippen molar-refractivity contribution in [3.8, 4) is 0 Å². The summed E-state index contributed by atoms with van der Waals surface area (Å²) >= 11 is 5.34. The van der Waals surface area contributed by atoms with Crippen molar-refractivity contribution in [3.05, 3.63) is 90.5 Å². The van der Waals surface area contributed by atoms with Crippen LogP contribution in [0.2, 0.25) is 0 Å². The van der Waals surface area contributed by atoms with Crippen LogP contribution in [0.4, 0.5) is 17.1 Å². The predicted molar refractivity (Wildman–Crippen MR) is 111 cm³/mol. The van der Waals surface area contributed by atoms with Crippen LogP contribution in [0.3, 0.4) is 0 Å². The lowest BCUT2D eigenvalue weighted by molar-refractivity contribution is 0.873. The van der Waals surface area contributed by atoms with Gasteiger partial charge in [-0.2, -0.15) is 10.2 Å². The number of anilines is 1. The molecule has 0 amide bonds. The number of thiocarbonyl (C=S) groups is 1. The van der Waals surface area contributed by atoms with Crippen molar-refractivity contribution in [2.24, 2.45) is 10.2 Å². The molecule has 0 saturated heterocycles. The average molecular weight is 360 g/mol. The highest BCUT2D eigenvalue weighted by Gasteiger charge is 1.99. The first-order valence-electron chi connectivity index (χ1n) is 8.45. The van der Waals surface area contributed by atoms with E-state index >= 15 is 0 Å². The van der Waals surface area contributed by atoms with E-state index in [-0.39, 0.29) is 0 Å². The van der Waals surface area contributed by atoms with Gasteiger partial charge in [0.1, 0.15) is 0 Å². The minimum absolute atomic E-state index is 0.611. The number of hydrogen-bond acceptors (Lipinski definition) is 3. The van der Waals surface area contributed by atoms with Gasteiger partial charge >= 0.3 is 0 Å². The van der Waals surface area contributed by atoms with Crippen LogP contribution >= 0.6 is 12.2 Å². The van der Waals surface area contributed by atoms with E-state index in [4.69, 9.17) is 12.2 Å². The first kappa shape index (κ1) is 17.8. The Bertz CT molecular complexity index is 846. The molecule has 3 rings (SSSR count). The van der Waals surface area contributed by atoms with E-state index in [1.807, 2.05) is 72.8 Å². The van der Waals surface area contributed by atoms with Crippen molar-refractivity contribution in [2.45, 2.75) is 6.42 Å². The number of nitrogens with one attached hydrogen (secondary N) is 2.